The van der Waals surface area contributed by atoms with Crippen LogP contribution in [0.5, 0.6) is 5.75 Å². The van der Waals surface area contributed by atoms with Crippen molar-refractivity contribution in [1.82, 2.24) is 14.6 Å². The quantitative estimate of drug-likeness (QED) is 0.259. The summed E-state index contributed by atoms with van der Waals surface area (Å²) in [7, 11) is 0. The van der Waals surface area contributed by atoms with Crippen LogP contribution in [0.25, 0.3) is 0 Å². The van der Waals surface area contributed by atoms with Gasteiger partial charge in [0.1, 0.15) is 22.5 Å². The molecule has 1 unspecified atom stereocenters. The van der Waals surface area contributed by atoms with Crippen LogP contribution in [0, 0.1) is 5.82 Å². The standard InChI is InChI=1S/C27H24FN5O4S/c28-19-10-6-16(7-11-19)14-31-26(36)23(18-8-12-20(34)13-9-18)33(15-17-4-2-1-3-5-17)27(37)24-21(29)22(25(30)35)32-38-24/h1-13,23,34H,14-15,29H2,(H2,30,35)(H,31,36). The van der Waals surface area contributed by atoms with Crippen LogP contribution in [0.4, 0.5) is 10.1 Å². The van der Waals surface area contributed by atoms with E-state index in [1.807, 2.05) is 6.07 Å². The number of rotatable bonds is 9. The van der Waals surface area contributed by atoms with E-state index in [9.17, 15) is 23.9 Å². The molecule has 0 fully saturated rings. The Morgan fingerprint density at radius 1 is 0.974 bits per heavy atom. The number of nitrogens with zero attached hydrogens (tertiary/aromatic N) is 2. The van der Waals surface area contributed by atoms with Crippen LogP contribution in [-0.2, 0) is 17.9 Å². The summed E-state index contributed by atoms with van der Waals surface area (Å²) in [6.07, 6.45) is 0. The van der Waals surface area contributed by atoms with Crippen LogP contribution < -0.4 is 16.8 Å². The van der Waals surface area contributed by atoms with Gasteiger partial charge in [0.25, 0.3) is 11.8 Å². The summed E-state index contributed by atoms with van der Waals surface area (Å²) < 4.78 is 17.2. The topological polar surface area (TPSA) is 152 Å². The molecule has 0 aliphatic carbocycles. The average Bonchev–Trinajstić information content (AvgIpc) is 3.30. The number of hydrogen-bond acceptors (Lipinski definition) is 7. The van der Waals surface area contributed by atoms with Gasteiger partial charge in [-0.3, -0.25) is 14.4 Å². The zero-order valence-corrected chi connectivity index (χ0v) is 20.8. The summed E-state index contributed by atoms with van der Waals surface area (Å²) in [4.78, 5) is 40.6. The number of carbonyl (C=O) groups is 3. The minimum absolute atomic E-state index is 0.0123. The number of phenolic OH excluding ortho intramolecular Hbond substituents is 1. The highest BCUT2D eigenvalue weighted by atomic mass is 32.1. The van der Waals surface area contributed by atoms with E-state index in [1.165, 1.54) is 41.3 Å². The van der Waals surface area contributed by atoms with Crippen LogP contribution in [0.15, 0.2) is 78.9 Å². The van der Waals surface area contributed by atoms with E-state index in [2.05, 4.69) is 9.69 Å². The fourth-order valence-corrected chi connectivity index (χ4v) is 4.60. The predicted octanol–water partition coefficient (Wildman–Crippen LogP) is 3.37. The maximum Gasteiger partial charge on any atom is 0.270 e. The molecule has 3 amide bonds. The fraction of sp³-hybridized carbons (Fsp3) is 0.111. The Hall–Kier alpha value is -4.77. The molecule has 3 aromatic carbocycles. The highest BCUT2D eigenvalue weighted by Gasteiger charge is 2.35. The number of amides is 3. The van der Waals surface area contributed by atoms with E-state index in [0.717, 1.165) is 5.56 Å². The van der Waals surface area contributed by atoms with Gasteiger partial charge in [0.05, 0.1) is 5.69 Å². The van der Waals surface area contributed by atoms with Gasteiger partial charge < -0.3 is 26.8 Å². The maximum absolute atomic E-state index is 13.9. The molecular weight excluding hydrogens is 509 g/mol. The van der Waals surface area contributed by atoms with Crippen molar-refractivity contribution in [1.29, 1.82) is 0 Å². The Labute approximate surface area is 221 Å². The maximum atomic E-state index is 13.9. The van der Waals surface area contributed by atoms with Gasteiger partial charge in [0.2, 0.25) is 5.91 Å². The molecule has 0 aliphatic rings. The van der Waals surface area contributed by atoms with Gasteiger partial charge in [-0.25, -0.2) is 4.39 Å². The van der Waals surface area contributed by atoms with Crippen LogP contribution in [0.2, 0.25) is 0 Å². The molecule has 9 nitrogen and oxygen atoms in total. The van der Waals surface area contributed by atoms with E-state index < -0.39 is 29.6 Å². The number of benzene rings is 3. The third-order valence-corrected chi connectivity index (χ3v) is 6.61. The minimum atomic E-state index is -1.16. The molecule has 38 heavy (non-hydrogen) atoms. The fourth-order valence-electron chi connectivity index (χ4n) is 3.84. The predicted molar refractivity (Wildman–Crippen MR) is 140 cm³/mol. The Morgan fingerprint density at radius 2 is 1.63 bits per heavy atom. The second-order valence-corrected chi connectivity index (χ2v) is 9.17. The molecule has 1 atom stereocenters. The van der Waals surface area contributed by atoms with Gasteiger partial charge >= 0.3 is 0 Å². The van der Waals surface area contributed by atoms with Crippen molar-refractivity contribution in [2.75, 3.05) is 5.73 Å². The summed E-state index contributed by atoms with van der Waals surface area (Å²) >= 11 is 0.716. The molecular formula is C27H24FN5O4S. The Bertz CT molecular complexity index is 1440. The first-order valence-electron chi connectivity index (χ1n) is 11.5. The van der Waals surface area contributed by atoms with Crippen LogP contribution in [0.1, 0.15) is 42.9 Å². The van der Waals surface area contributed by atoms with E-state index in [1.54, 1.807) is 36.4 Å². The molecule has 0 saturated heterocycles. The number of primary amides is 1. The Morgan fingerprint density at radius 3 is 2.24 bits per heavy atom. The molecule has 4 aromatic rings. The number of phenols is 1. The number of nitrogens with one attached hydrogen (secondary N) is 1. The Kier molecular flexibility index (Phi) is 7.97. The van der Waals surface area contributed by atoms with E-state index in [4.69, 9.17) is 11.5 Å². The third-order valence-electron chi connectivity index (χ3n) is 5.76. The van der Waals surface area contributed by atoms with Gasteiger partial charge in [-0.15, -0.1) is 0 Å². The van der Waals surface area contributed by atoms with Crippen LogP contribution in [0.3, 0.4) is 0 Å². The molecule has 194 valence electrons. The summed E-state index contributed by atoms with van der Waals surface area (Å²) in [5.74, 6) is -2.45. The first kappa shape index (κ1) is 26.3. The van der Waals surface area contributed by atoms with Crippen LogP contribution >= 0.6 is 11.5 Å². The number of aromatic nitrogens is 1. The molecule has 4 rings (SSSR count). The normalized spacial score (nSPS) is 11.5. The van der Waals surface area contributed by atoms with Gasteiger partial charge in [0, 0.05) is 13.1 Å². The molecule has 6 N–H and O–H groups in total. The first-order chi connectivity index (χ1) is 18.2. The third kappa shape index (κ3) is 5.95. The lowest BCUT2D eigenvalue weighted by atomic mass is 10.0. The average molecular weight is 534 g/mol. The van der Waals surface area contributed by atoms with Crippen molar-refractivity contribution in [3.05, 3.63) is 112 Å². The first-order valence-corrected chi connectivity index (χ1v) is 12.2. The Balaban J connectivity index is 1.75. The molecule has 1 aromatic heterocycles. The molecule has 0 radical (unpaired) electrons. The highest BCUT2D eigenvalue weighted by Crippen LogP contribution is 2.31. The largest absolute Gasteiger partial charge is 0.508 e. The molecule has 0 bridgehead atoms. The van der Waals surface area contributed by atoms with Crippen LogP contribution in [-0.4, -0.2) is 32.1 Å². The van der Waals surface area contributed by atoms with Crippen molar-refractivity contribution in [2.45, 2.75) is 19.1 Å². The second kappa shape index (κ2) is 11.5. The minimum Gasteiger partial charge on any atom is -0.508 e. The summed E-state index contributed by atoms with van der Waals surface area (Å²) in [5, 5.41) is 12.6. The van der Waals surface area contributed by atoms with Crippen molar-refractivity contribution in [3.8, 4) is 5.75 Å². The van der Waals surface area contributed by atoms with E-state index >= 15 is 0 Å². The van der Waals surface area contributed by atoms with Crippen molar-refractivity contribution in [2.24, 2.45) is 5.73 Å². The van der Waals surface area contributed by atoms with Gasteiger partial charge in [-0.2, -0.15) is 4.37 Å². The molecule has 1 heterocycles. The lowest BCUT2D eigenvalue weighted by Gasteiger charge is -2.31. The summed E-state index contributed by atoms with van der Waals surface area (Å²) in [6, 6.07) is 19.4. The zero-order chi connectivity index (χ0) is 27.2. The highest BCUT2D eigenvalue weighted by molar-refractivity contribution is 7.09. The van der Waals surface area contributed by atoms with E-state index in [-0.39, 0.29) is 35.1 Å². The zero-order valence-electron chi connectivity index (χ0n) is 20.0. The van der Waals surface area contributed by atoms with Gasteiger partial charge in [-0.1, -0.05) is 54.6 Å². The number of nitrogens with two attached hydrogens (primary N) is 2. The number of anilines is 1. The lowest BCUT2D eigenvalue weighted by molar-refractivity contribution is -0.126. The van der Waals surface area contributed by atoms with Crippen molar-refractivity contribution < 1.29 is 23.9 Å². The smallest absolute Gasteiger partial charge is 0.270 e. The van der Waals surface area contributed by atoms with Gasteiger partial charge in [-0.05, 0) is 52.5 Å². The molecule has 11 heteroatoms. The number of halogens is 1. The SMILES string of the molecule is NC(=O)c1nsc(C(=O)N(Cc2ccccc2)C(C(=O)NCc2ccc(F)cc2)c2ccc(O)cc2)c1N. The van der Waals surface area contributed by atoms with Gasteiger partial charge in [0.15, 0.2) is 5.69 Å². The summed E-state index contributed by atoms with van der Waals surface area (Å²) in [5.41, 5.74) is 12.8. The number of hydrogen-bond donors (Lipinski definition) is 4. The molecule has 0 saturated carbocycles. The number of carbonyl (C=O) groups excluding carboxylic acids is 3. The van der Waals surface area contributed by atoms with Crippen molar-refractivity contribution >= 4 is 34.9 Å². The van der Waals surface area contributed by atoms with Crippen molar-refractivity contribution in [3.63, 3.8) is 0 Å². The van der Waals surface area contributed by atoms with E-state index in [0.29, 0.717) is 22.7 Å². The summed E-state index contributed by atoms with van der Waals surface area (Å²) in [6.45, 7) is 0.0913. The monoisotopic (exact) mass is 533 g/mol. The second-order valence-electron chi connectivity index (χ2n) is 8.40. The lowest BCUT2D eigenvalue weighted by Crippen LogP contribution is -2.43. The molecule has 0 spiro atoms. The molecule has 0 aliphatic heterocycles. The number of nitrogen functional groups attached to an aromatic ring is 1. The number of aromatic hydroxyl groups is 1.